The van der Waals surface area contributed by atoms with Crippen LogP contribution in [-0.2, 0) is 6.61 Å². The van der Waals surface area contributed by atoms with Crippen molar-refractivity contribution in [3.05, 3.63) is 83.8 Å². The van der Waals surface area contributed by atoms with Crippen LogP contribution in [0.1, 0.15) is 58.1 Å². The van der Waals surface area contributed by atoms with E-state index in [9.17, 15) is 0 Å². The highest BCUT2D eigenvalue weighted by molar-refractivity contribution is 6.05. The van der Waals surface area contributed by atoms with E-state index < -0.39 is 0 Å². The molecule has 2 heterocycles. The highest BCUT2D eigenvalue weighted by atomic mass is 16.5. The van der Waals surface area contributed by atoms with Gasteiger partial charge >= 0.3 is 0 Å². The minimum atomic E-state index is 0.180. The average molecular weight is 433 g/mol. The second-order valence-corrected chi connectivity index (χ2v) is 7.79. The Morgan fingerprint density at radius 1 is 1.09 bits per heavy atom. The van der Waals surface area contributed by atoms with E-state index in [0.717, 1.165) is 47.5 Å². The zero-order chi connectivity index (χ0) is 22.9. The Bertz CT molecular complexity index is 965. The molecule has 2 aliphatic rings. The molecule has 2 atom stereocenters. The SMILES string of the molecule is CC.CCCC(CC)C1NC(c2cccc(OCc3ccccc3)c2)=C2C(N)=NC=CN21. The summed E-state index contributed by atoms with van der Waals surface area (Å²) in [5.74, 6) is 1.91. The van der Waals surface area contributed by atoms with Crippen LogP contribution < -0.4 is 15.8 Å². The molecule has 0 amide bonds. The molecule has 0 saturated heterocycles. The van der Waals surface area contributed by atoms with Gasteiger partial charge in [0.05, 0.1) is 5.70 Å². The topological polar surface area (TPSA) is 62.9 Å². The number of hydrogen-bond acceptors (Lipinski definition) is 5. The number of benzene rings is 2. The third-order valence-electron chi connectivity index (χ3n) is 5.77. The van der Waals surface area contributed by atoms with E-state index >= 15 is 0 Å². The Morgan fingerprint density at radius 3 is 2.59 bits per heavy atom. The number of nitrogens with zero attached hydrogens (tertiary/aromatic N) is 2. The molecule has 32 heavy (non-hydrogen) atoms. The molecular weight excluding hydrogens is 396 g/mol. The maximum atomic E-state index is 6.33. The van der Waals surface area contributed by atoms with Crippen LogP contribution in [0, 0.1) is 5.92 Å². The number of fused-ring (bicyclic) bond motifs is 1. The normalized spacial score (nSPS) is 17.7. The molecule has 0 aromatic heterocycles. The third-order valence-corrected chi connectivity index (χ3v) is 5.77. The van der Waals surface area contributed by atoms with Gasteiger partial charge in [0.2, 0.25) is 0 Å². The van der Waals surface area contributed by atoms with E-state index in [4.69, 9.17) is 10.5 Å². The predicted molar refractivity (Wildman–Crippen MR) is 134 cm³/mol. The van der Waals surface area contributed by atoms with Crippen LogP contribution in [0.3, 0.4) is 0 Å². The maximum absolute atomic E-state index is 6.33. The van der Waals surface area contributed by atoms with E-state index in [1.54, 1.807) is 6.20 Å². The molecule has 2 aromatic carbocycles. The number of amidine groups is 1. The van der Waals surface area contributed by atoms with Crippen LogP contribution in [0.2, 0.25) is 0 Å². The van der Waals surface area contributed by atoms with Crippen molar-refractivity contribution in [2.45, 2.75) is 59.7 Å². The van der Waals surface area contributed by atoms with E-state index in [1.165, 1.54) is 0 Å². The first-order valence-electron chi connectivity index (χ1n) is 11.8. The van der Waals surface area contributed by atoms with Crippen molar-refractivity contribution in [2.75, 3.05) is 0 Å². The van der Waals surface area contributed by atoms with Crippen molar-refractivity contribution in [3.8, 4) is 5.75 Å². The van der Waals surface area contributed by atoms with Crippen LogP contribution in [0.15, 0.2) is 77.7 Å². The standard InChI is InChI=1S/C25H30N4O.C2H6/c1-3-9-19(4-2)25-28-22(23-24(26)27-14-15-29(23)25)20-12-8-13-21(16-20)30-17-18-10-6-5-7-11-18;1-2/h5-8,10-16,19,25,28H,3-4,9,17H2,1-2H3,(H2,26,27);1-2H3. The summed E-state index contributed by atoms with van der Waals surface area (Å²) in [7, 11) is 0. The fourth-order valence-electron chi connectivity index (χ4n) is 4.23. The highest BCUT2D eigenvalue weighted by Crippen LogP contribution is 2.35. The Hall–Kier alpha value is -3.21. The number of ether oxygens (including phenoxy) is 1. The fraction of sp³-hybridized carbons (Fsp3) is 0.370. The lowest BCUT2D eigenvalue weighted by Crippen LogP contribution is -2.42. The summed E-state index contributed by atoms with van der Waals surface area (Å²) < 4.78 is 6.05. The van der Waals surface area contributed by atoms with E-state index in [0.29, 0.717) is 18.4 Å². The quantitative estimate of drug-likeness (QED) is 0.548. The first-order chi connectivity index (χ1) is 15.7. The molecule has 2 aromatic rings. The van der Waals surface area contributed by atoms with Crippen molar-refractivity contribution in [3.63, 3.8) is 0 Å². The molecule has 5 nitrogen and oxygen atoms in total. The molecule has 170 valence electrons. The van der Waals surface area contributed by atoms with E-state index in [2.05, 4.69) is 53.3 Å². The first kappa shape index (κ1) is 23.5. The second-order valence-electron chi connectivity index (χ2n) is 7.79. The summed E-state index contributed by atoms with van der Waals surface area (Å²) in [6.07, 6.45) is 7.42. The molecule has 2 aliphatic heterocycles. The minimum absolute atomic E-state index is 0.180. The van der Waals surface area contributed by atoms with Crippen LogP contribution >= 0.6 is 0 Å². The summed E-state index contributed by atoms with van der Waals surface area (Å²) in [6, 6.07) is 18.4. The molecule has 0 bridgehead atoms. The molecule has 0 spiro atoms. The van der Waals surface area contributed by atoms with Gasteiger partial charge in [-0.1, -0.05) is 76.6 Å². The van der Waals surface area contributed by atoms with E-state index in [1.807, 2.05) is 50.4 Å². The molecule has 0 radical (unpaired) electrons. The highest BCUT2D eigenvalue weighted by Gasteiger charge is 2.37. The molecule has 0 fully saturated rings. The summed E-state index contributed by atoms with van der Waals surface area (Å²) in [6.45, 7) is 9.03. The lowest BCUT2D eigenvalue weighted by molar-refractivity contribution is 0.228. The van der Waals surface area contributed by atoms with Gasteiger partial charge in [0.15, 0.2) is 0 Å². The lowest BCUT2D eigenvalue weighted by atomic mass is 9.96. The fourth-order valence-corrected chi connectivity index (χ4v) is 4.23. The van der Waals surface area contributed by atoms with Gasteiger partial charge < -0.3 is 20.7 Å². The van der Waals surface area contributed by atoms with Crippen LogP contribution in [0.25, 0.3) is 5.70 Å². The smallest absolute Gasteiger partial charge is 0.149 e. The van der Waals surface area contributed by atoms with Gasteiger partial charge in [-0.25, -0.2) is 4.99 Å². The Morgan fingerprint density at radius 2 is 1.88 bits per heavy atom. The number of rotatable bonds is 8. The van der Waals surface area contributed by atoms with Crippen molar-refractivity contribution >= 4 is 11.5 Å². The summed E-state index contributed by atoms with van der Waals surface area (Å²) in [4.78, 5) is 6.60. The molecular formula is C27H36N4O. The Labute approximate surface area is 192 Å². The van der Waals surface area contributed by atoms with Crippen molar-refractivity contribution < 1.29 is 4.74 Å². The third kappa shape index (κ3) is 5.16. The monoisotopic (exact) mass is 432 g/mol. The summed E-state index contributed by atoms with van der Waals surface area (Å²) >= 11 is 0. The largest absolute Gasteiger partial charge is 0.489 e. The zero-order valence-electron chi connectivity index (χ0n) is 19.7. The summed E-state index contributed by atoms with van der Waals surface area (Å²) in [5, 5.41) is 3.75. The Kier molecular flexibility index (Phi) is 8.37. The summed E-state index contributed by atoms with van der Waals surface area (Å²) in [5.41, 5.74) is 10.5. The molecule has 0 aliphatic carbocycles. The second kappa shape index (κ2) is 11.4. The van der Waals surface area contributed by atoms with E-state index in [-0.39, 0.29) is 6.17 Å². The Balaban J connectivity index is 0.00000141. The predicted octanol–water partition coefficient (Wildman–Crippen LogP) is 5.86. The number of nitrogens with one attached hydrogen (secondary N) is 1. The number of nitrogens with two attached hydrogens (primary N) is 1. The van der Waals surface area contributed by atoms with Crippen molar-refractivity contribution in [1.82, 2.24) is 10.2 Å². The number of hydrogen-bond donors (Lipinski definition) is 2. The lowest BCUT2D eigenvalue weighted by Gasteiger charge is -2.32. The van der Waals surface area contributed by atoms with Crippen molar-refractivity contribution in [2.24, 2.45) is 16.6 Å². The molecule has 4 rings (SSSR count). The van der Waals surface area contributed by atoms with Gasteiger partial charge in [-0.3, -0.25) is 0 Å². The van der Waals surface area contributed by atoms with Crippen LogP contribution in [0.5, 0.6) is 5.75 Å². The van der Waals surface area contributed by atoms with Gasteiger partial charge in [-0.2, -0.15) is 0 Å². The molecule has 2 unspecified atom stereocenters. The van der Waals surface area contributed by atoms with Gasteiger partial charge in [-0.05, 0) is 36.5 Å². The van der Waals surface area contributed by atoms with Gasteiger partial charge in [0.25, 0.3) is 0 Å². The van der Waals surface area contributed by atoms with Gasteiger partial charge in [0, 0.05) is 18.0 Å². The number of aliphatic imine (C=N–C) groups is 1. The molecule has 3 N–H and O–H groups in total. The molecule has 5 heteroatoms. The maximum Gasteiger partial charge on any atom is 0.149 e. The van der Waals surface area contributed by atoms with Crippen molar-refractivity contribution in [1.29, 1.82) is 0 Å². The van der Waals surface area contributed by atoms with Crippen LogP contribution in [0.4, 0.5) is 0 Å². The van der Waals surface area contributed by atoms with Gasteiger partial charge in [0.1, 0.15) is 30.1 Å². The first-order valence-corrected chi connectivity index (χ1v) is 11.8. The minimum Gasteiger partial charge on any atom is -0.489 e. The molecule has 0 saturated carbocycles. The van der Waals surface area contributed by atoms with Gasteiger partial charge in [-0.15, -0.1) is 0 Å². The van der Waals surface area contributed by atoms with Crippen LogP contribution in [-0.4, -0.2) is 16.9 Å². The zero-order valence-corrected chi connectivity index (χ0v) is 19.7. The average Bonchev–Trinajstić information content (AvgIpc) is 3.24.